The zero-order valence-corrected chi connectivity index (χ0v) is 20.3. The molecule has 2 nitrogen and oxygen atoms in total. The van der Waals surface area contributed by atoms with Crippen LogP contribution in [0.25, 0.3) is 11.1 Å². The van der Waals surface area contributed by atoms with Gasteiger partial charge >= 0.3 is 0 Å². The van der Waals surface area contributed by atoms with Crippen molar-refractivity contribution in [3.05, 3.63) is 118 Å². The molecule has 0 saturated carbocycles. The van der Waals surface area contributed by atoms with Crippen molar-refractivity contribution in [1.29, 1.82) is 0 Å². The van der Waals surface area contributed by atoms with E-state index in [0.29, 0.717) is 5.94 Å². The summed E-state index contributed by atoms with van der Waals surface area (Å²) in [6.45, 7) is 4.26. The van der Waals surface area contributed by atoms with Crippen LogP contribution in [0.4, 0.5) is 0 Å². The van der Waals surface area contributed by atoms with Crippen LogP contribution in [0.15, 0.2) is 84.9 Å². The molecule has 0 heterocycles. The molecule has 166 valence electrons. The van der Waals surface area contributed by atoms with Gasteiger partial charge in [-0.2, -0.15) is 0 Å². The van der Waals surface area contributed by atoms with Gasteiger partial charge in [0.25, 0.3) is 0 Å². The number of thioether (sulfide) groups is 1. The summed E-state index contributed by atoms with van der Waals surface area (Å²) in [5.74, 6) is 2.49. The monoisotopic (exact) mass is 452 g/mol. The molecule has 0 bridgehead atoms. The quantitative estimate of drug-likeness (QED) is 0.251. The van der Waals surface area contributed by atoms with E-state index < -0.39 is 5.41 Å². The van der Waals surface area contributed by atoms with Gasteiger partial charge in [0.05, 0.1) is 12.5 Å². The molecule has 0 radical (unpaired) electrons. The number of ether oxygens (including phenoxy) is 2. The Hall–Kier alpha value is -3.17. The third kappa shape index (κ3) is 3.34. The van der Waals surface area contributed by atoms with Gasteiger partial charge in [0.15, 0.2) is 0 Å². The van der Waals surface area contributed by atoms with Gasteiger partial charge in [-0.1, -0.05) is 72.8 Å². The maximum Gasteiger partial charge on any atom is 0.133 e. The molecule has 33 heavy (non-hydrogen) atoms. The van der Waals surface area contributed by atoms with Crippen molar-refractivity contribution in [2.75, 3.05) is 19.3 Å². The predicted molar refractivity (Wildman–Crippen MR) is 139 cm³/mol. The zero-order valence-electron chi connectivity index (χ0n) is 19.5. The molecule has 0 saturated heterocycles. The van der Waals surface area contributed by atoms with Gasteiger partial charge in [0.2, 0.25) is 0 Å². The lowest BCUT2D eigenvalue weighted by molar-refractivity contribution is 0.390. The molecule has 1 aliphatic rings. The van der Waals surface area contributed by atoms with Crippen molar-refractivity contribution in [1.82, 2.24) is 0 Å². The van der Waals surface area contributed by atoms with E-state index in [4.69, 9.17) is 9.47 Å². The molecule has 0 aliphatic heterocycles. The Labute approximate surface area is 200 Å². The summed E-state index contributed by atoms with van der Waals surface area (Å²) < 4.78 is 11.6. The second kappa shape index (κ2) is 8.64. The van der Waals surface area contributed by atoms with Crippen LogP contribution in [0, 0.1) is 13.8 Å². The van der Waals surface area contributed by atoms with Crippen LogP contribution in [0.2, 0.25) is 0 Å². The summed E-state index contributed by atoms with van der Waals surface area (Å²) in [5, 5.41) is 0. The van der Waals surface area contributed by atoms with Crippen molar-refractivity contribution >= 4 is 11.8 Å². The lowest BCUT2D eigenvalue weighted by Gasteiger charge is -2.34. The van der Waals surface area contributed by atoms with Crippen LogP contribution >= 0.6 is 11.8 Å². The number of hydrogen-bond donors (Lipinski definition) is 0. The molecule has 0 aromatic heterocycles. The molecule has 4 aromatic carbocycles. The fraction of sp³-hybridized carbons (Fsp3) is 0.200. The first-order valence-corrected chi connectivity index (χ1v) is 12.6. The van der Waals surface area contributed by atoms with Crippen LogP contribution in [0.1, 0.15) is 33.4 Å². The van der Waals surface area contributed by atoms with Crippen LogP contribution < -0.4 is 9.47 Å². The van der Waals surface area contributed by atoms with Crippen molar-refractivity contribution in [2.45, 2.75) is 19.3 Å². The highest BCUT2D eigenvalue weighted by atomic mass is 32.2. The lowest BCUT2D eigenvalue weighted by Crippen LogP contribution is -2.29. The second-order valence-electron chi connectivity index (χ2n) is 8.56. The fourth-order valence-corrected chi connectivity index (χ4v) is 5.55. The third-order valence-corrected chi connectivity index (χ3v) is 7.07. The number of hydrogen-bond acceptors (Lipinski definition) is 3. The smallest absolute Gasteiger partial charge is 0.133 e. The Morgan fingerprint density at radius 2 is 1.21 bits per heavy atom. The highest BCUT2D eigenvalue weighted by Crippen LogP contribution is 2.56. The molecule has 0 N–H and O–H groups in total. The molecule has 0 spiro atoms. The Morgan fingerprint density at radius 1 is 0.697 bits per heavy atom. The molecule has 0 unspecified atom stereocenters. The number of fused-ring (bicyclic) bond motifs is 3. The first kappa shape index (κ1) is 21.7. The molecule has 0 atom stereocenters. The van der Waals surface area contributed by atoms with Crippen molar-refractivity contribution in [3.63, 3.8) is 0 Å². The maximum atomic E-state index is 5.98. The van der Waals surface area contributed by atoms with E-state index in [-0.39, 0.29) is 0 Å². The summed E-state index contributed by atoms with van der Waals surface area (Å²) in [4.78, 5) is 0. The van der Waals surface area contributed by atoms with E-state index in [1.165, 1.54) is 33.4 Å². The Kier molecular flexibility index (Phi) is 5.67. The average Bonchev–Trinajstić information content (AvgIpc) is 3.14. The van der Waals surface area contributed by atoms with Gasteiger partial charge in [-0.05, 0) is 76.7 Å². The van der Waals surface area contributed by atoms with E-state index in [1.807, 2.05) is 0 Å². The van der Waals surface area contributed by atoms with Crippen LogP contribution in [-0.2, 0) is 5.41 Å². The van der Waals surface area contributed by atoms with E-state index in [1.54, 1.807) is 18.9 Å². The number of aryl methyl sites for hydroxylation is 2. The van der Waals surface area contributed by atoms with Crippen LogP contribution in [0.5, 0.6) is 11.5 Å². The topological polar surface area (TPSA) is 18.5 Å². The third-order valence-electron chi connectivity index (χ3n) is 6.72. The number of benzene rings is 4. The fourth-order valence-electron chi connectivity index (χ4n) is 5.30. The number of rotatable bonds is 6. The van der Waals surface area contributed by atoms with Gasteiger partial charge in [0, 0.05) is 0 Å². The summed E-state index contributed by atoms with van der Waals surface area (Å²) in [6, 6.07) is 30.9. The van der Waals surface area contributed by atoms with E-state index in [0.717, 1.165) is 22.6 Å². The second-order valence-corrected chi connectivity index (χ2v) is 9.37. The molecule has 5 rings (SSSR count). The van der Waals surface area contributed by atoms with Gasteiger partial charge in [0.1, 0.15) is 17.4 Å². The zero-order chi connectivity index (χ0) is 23.0. The minimum absolute atomic E-state index is 0.410. The maximum absolute atomic E-state index is 5.98. The molecule has 0 fully saturated rings. The largest absolute Gasteiger partial charge is 0.496 e. The van der Waals surface area contributed by atoms with Crippen LogP contribution in [0.3, 0.4) is 0 Å². The highest BCUT2D eigenvalue weighted by molar-refractivity contribution is 7.98. The molecular weight excluding hydrogens is 424 g/mol. The van der Waals surface area contributed by atoms with Crippen molar-refractivity contribution in [3.8, 4) is 22.6 Å². The minimum atomic E-state index is -0.410. The number of methoxy groups -OCH3 is 1. The summed E-state index contributed by atoms with van der Waals surface area (Å²) in [6.07, 6.45) is 2.05. The van der Waals surface area contributed by atoms with Crippen molar-refractivity contribution < 1.29 is 9.47 Å². The van der Waals surface area contributed by atoms with Crippen molar-refractivity contribution in [2.24, 2.45) is 0 Å². The predicted octanol–water partition coefficient (Wildman–Crippen LogP) is 7.37. The summed E-state index contributed by atoms with van der Waals surface area (Å²) >= 11 is 1.68. The van der Waals surface area contributed by atoms with E-state index in [9.17, 15) is 0 Å². The average molecular weight is 453 g/mol. The Bertz CT molecular complexity index is 1280. The van der Waals surface area contributed by atoms with Gasteiger partial charge in [-0.25, -0.2) is 0 Å². The molecule has 3 heteroatoms. The van der Waals surface area contributed by atoms with Gasteiger partial charge in [-0.15, -0.1) is 11.8 Å². The molecule has 1 aliphatic carbocycles. The standard InChI is InChI=1S/C30H28O2S/c1-20-17-22(13-15-28(20)31-3)30(23-14-16-29(21(2)18-23)32-19-33-4)26-11-7-5-9-24(26)25-10-6-8-12-27(25)30/h5-18H,19H2,1-4H3. The van der Waals surface area contributed by atoms with Gasteiger partial charge in [-0.3, -0.25) is 0 Å². The molecular formula is C30H28O2S. The van der Waals surface area contributed by atoms with Crippen LogP contribution in [-0.4, -0.2) is 19.3 Å². The minimum Gasteiger partial charge on any atom is -0.496 e. The Balaban J connectivity index is 1.84. The first-order valence-electron chi connectivity index (χ1n) is 11.2. The normalized spacial score (nSPS) is 13.3. The highest BCUT2D eigenvalue weighted by Gasteiger charge is 2.46. The van der Waals surface area contributed by atoms with Gasteiger partial charge < -0.3 is 9.47 Å². The molecule has 0 amide bonds. The van der Waals surface area contributed by atoms with E-state index >= 15 is 0 Å². The SMILES string of the molecule is COc1ccc(C2(c3ccc(OCSC)c(C)c3)c3ccccc3-c3ccccc32)cc1C. The lowest BCUT2D eigenvalue weighted by atomic mass is 9.67. The molecule has 4 aromatic rings. The first-order chi connectivity index (χ1) is 16.1. The summed E-state index contributed by atoms with van der Waals surface area (Å²) in [5.41, 5.74) is 9.58. The summed E-state index contributed by atoms with van der Waals surface area (Å²) in [7, 11) is 1.73. The Morgan fingerprint density at radius 3 is 1.70 bits per heavy atom. The van der Waals surface area contributed by atoms with E-state index in [2.05, 4.69) is 105 Å².